The average Bonchev–Trinajstić information content (AvgIpc) is 3.34. The maximum atomic E-state index is 13.8. The number of carbonyl (C=O) groups excluding carboxylic acids is 1. The Morgan fingerprint density at radius 2 is 1.74 bits per heavy atom. The monoisotopic (exact) mass is 479 g/mol. The van der Waals surface area contributed by atoms with Crippen molar-refractivity contribution < 1.29 is 9.53 Å². The van der Waals surface area contributed by atoms with E-state index in [0.29, 0.717) is 31.2 Å². The molecule has 4 rings (SSSR count). The lowest BCUT2D eigenvalue weighted by atomic mass is 9.96. The molecule has 0 radical (unpaired) electrons. The normalized spacial score (nSPS) is 16.8. The first-order valence-corrected chi connectivity index (χ1v) is 13.2. The molecule has 0 bridgehead atoms. The summed E-state index contributed by atoms with van der Waals surface area (Å²) < 4.78 is 7.50. The van der Waals surface area contributed by atoms with E-state index in [1.165, 1.54) is 42.5 Å². The number of amides is 1. The number of hydrogen-bond donors (Lipinski definition) is 0. The fraction of sp³-hybridized carbons (Fsp3) is 0.586. The molecule has 6 heteroatoms. The second kappa shape index (κ2) is 11.4. The van der Waals surface area contributed by atoms with Crippen LogP contribution in [0.3, 0.4) is 0 Å². The zero-order chi connectivity index (χ0) is 24.9. The quantitative estimate of drug-likeness (QED) is 0.523. The highest BCUT2D eigenvalue weighted by Gasteiger charge is 2.29. The van der Waals surface area contributed by atoms with Crippen LogP contribution in [0.4, 0.5) is 5.69 Å². The summed E-state index contributed by atoms with van der Waals surface area (Å²) >= 11 is 0. The van der Waals surface area contributed by atoms with Crippen LogP contribution in [0.15, 0.2) is 29.1 Å². The van der Waals surface area contributed by atoms with Crippen LogP contribution in [0, 0.1) is 26.7 Å². The molecule has 0 atom stereocenters. The average molecular weight is 480 g/mol. The van der Waals surface area contributed by atoms with Gasteiger partial charge in [-0.15, -0.1) is 0 Å². The molecule has 1 saturated carbocycles. The number of anilines is 1. The second-order valence-electron chi connectivity index (χ2n) is 10.4. The first-order chi connectivity index (χ1) is 16.9. The van der Waals surface area contributed by atoms with E-state index in [9.17, 15) is 9.59 Å². The highest BCUT2D eigenvalue weighted by molar-refractivity contribution is 5.95. The largest absolute Gasteiger partial charge is 0.385 e. The molecule has 0 N–H and O–H groups in total. The van der Waals surface area contributed by atoms with Crippen molar-refractivity contribution in [3.8, 4) is 0 Å². The Bertz CT molecular complexity index is 1090. The Morgan fingerprint density at radius 3 is 2.40 bits per heavy atom. The van der Waals surface area contributed by atoms with Crippen LogP contribution < -0.4 is 10.3 Å². The Labute approximate surface area is 209 Å². The molecule has 1 amide bonds. The van der Waals surface area contributed by atoms with E-state index in [4.69, 9.17) is 4.74 Å². The maximum absolute atomic E-state index is 13.8. The van der Waals surface area contributed by atoms with Gasteiger partial charge >= 0.3 is 0 Å². The van der Waals surface area contributed by atoms with E-state index in [2.05, 4.69) is 41.5 Å². The van der Waals surface area contributed by atoms with Crippen LogP contribution in [0.1, 0.15) is 65.0 Å². The number of aromatic nitrogens is 1. The van der Waals surface area contributed by atoms with Gasteiger partial charge in [-0.25, -0.2) is 0 Å². The van der Waals surface area contributed by atoms with E-state index in [-0.39, 0.29) is 11.3 Å². The van der Waals surface area contributed by atoms with Gasteiger partial charge in [0.1, 0.15) is 5.56 Å². The van der Waals surface area contributed by atoms with Gasteiger partial charge in [-0.3, -0.25) is 9.59 Å². The molecule has 0 spiro atoms. The molecule has 6 nitrogen and oxygen atoms in total. The van der Waals surface area contributed by atoms with Gasteiger partial charge in [0.15, 0.2) is 5.43 Å². The van der Waals surface area contributed by atoms with Crippen molar-refractivity contribution in [1.29, 1.82) is 0 Å². The molecule has 35 heavy (non-hydrogen) atoms. The number of pyridine rings is 1. The number of hydrogen-bond acceptors (Lipinski definition) is 4. The predicted molar refractivity (Wildman–Crippen MR) is 142 cm³/mol. The number of carbonyl (C=O) groups is 1. The van der Waals surface area contributed by atoms with Gasteiger partial charge in [0, 0.05) is 69.6 Å². The molecule has 190 valence electrons. The Kier molecular flexibility index (Phi) is 8.32. The summed E-state index contributed by atoms with van der Waals surface area (Å²) in [6.45, 7) is 10.5. The number of benzene rings is 1. The summed E-state index contributed by atoms with van der Waals surface area (Å²) in [5, 5.41) is 0. The van der Waals surface area contributed by atoms with Gasteiger partial charge in [0.25, 0.3) is 5.91 Å². The molecule has 2 fully saturated rings. The van der Waals surface area contributed by atoms with Crippen LogP contribution in [0.2, 0.25) is 0 Å². The summed E-state index contributed by atoms with van der Waals surface area (Å²) in [5.41, 5.74) is 5.92. The zero-order valence-electron chi connectivity index (χ0n) is 21.9. The minimum atomic E-state index is -0.125. The van der Waals surface area contributed by atoms with E-state index >= 15 is 0 Å². The summed E-state index contributed by atoms with van der Waals surface area (Å²) in [6.07, 6.45) is 6.53. The van der Waals surface area contributed by atoms with Gasteiger partial charge in [-0.2, -0.15) is 0 Å². The van der Waals surface area contributed by atoms with Crippen LogP contribution in [-0.2, 0) is 17.7 Å². The summed E-state index contributed by atoms with van der Waals surface area (Å²) in [6, 6.07) is 8.19. The summed E-state index contributed by atoms with van der Waals surface area (Å²) in [5.74, 6) is 0.460. The fourth-order valence-electron chi connectivity index (χ4n) is 5.91. The molecule has 1 aromatic carbocycles. The first kappa shape index (κ1) is 25.5. The molecular formula is C29H41N3O3. The lowest BCUT2D eigenvalue weighted by Crippen LogP contribution is -2.50. The zero-order valence-corrected chi connectivity index (χ0v) is 21.9. The molecule has 2 aromatic rings. The topological polar surface area (TPSA) is 54.8 Å². The lowest BCUT2D eigenvalue weighted by molar-refractivity contribution is 0.0742. The van der Waals surface area contributed by atoms with Crippen molar-refractivity contribution in [3.63, 3.8) is 0 Å². The maximum Gasteiger partial charge on any atom is 0.259 e. The summed E-state index contributed by atoms with van der Waals surface area (Å²) in [4.78, 5) is 31.4. The first-order valence-electron chi connectivity index (χ1n) is 13.2. The number of rotatable bonds is 8. The van der Waals surface area contributed by atoms with Crippen molar-refractivity contribution in [2.24, 2.45) is 5.92 Å². The molecule has 1 saturated heterocycles. The summed E-state index contributed by atoms with van der Waals surface area (Å²) in [7, 11) is 1.71. The minimum Gasteiger partial charge on any atom is -0.385 e. The number of aryl methyl sites for hydroxylation is 3. The van der Waals surface area contributed by atoms with Crippen LogP contribution >= 0.6 is 0 Å². The van der Waals surface area contributed by atoms with Crippen molar-refractivity contribution in [2.75, 3.05) is 44.8 Å². The van der Waals surface area contributed by atoms with Gasteiger partial charge in [0.05, 0.1) is 0 Å². The molecule has 1 aromatic heterocycles. The van der Waals surface area contributed by atoms with Crippen molar-refractivity contribution >= 4 is 11.6 Å². The number of ether oxygens (including phenoxy) is 1. The molecule has 0 unspecified atom stereocenters. The van der Waals surface area contributed by atoms with Crippen molar-refractivity contribution in [3.05, 3.63) is 62.6 Å². The van der Waals surface area contributed by atoms with Crippen LogP contribution in [0.5, 0.6) is 0 Å². The SMILES string of the molecule is COCCCn1c(C)cc(=O)c(C(=O)N2CCN(c3ccc(C)cc3C)CC2)c1CC1CCCC1. The standard InChI is InChI=1S/C29H41N3O3/c1-21-10-11-25(22(2)18-21)30-13-15-31(16-14-30)29(34)28-26(20-24-8-5-6-9-24)32(12-7-17-35-4)23(3)19-27(28)33/h10-11,18-19,24H,5-9,12-17,20H2,1-4H3. The van der Waals surface area contributed by atoms with E-state index < -0.39 is 0 Å². The lowest BCUT2D eigenvalue weighted by Gasteiger charge is -2.37. The molecule has 1 aliphatic heterocycles. The molecular weight excluding hydrogens is 438 g/mol. The van der Waals surface area contributed by atoms with Crippen molar-refractivity contribution in [1.82, 2.24) is 9.47 Å². The number of methoxy groups -OCH3 is 1. The third-order valence-electron chi connectivity index (χ3n) is 7.79. The predicted octanol–water partition coefficient (Wildman–Crippen LogP) is 4.51. The highest BCUT2D eigenvalue weighted by atomic mass is 16.5. The van der Waals surface area contributed by atoms with E-state index in [1.807, 2.05) is 11.8 Å². The van der Waals surface area contributed by atoms with E-state index in [1.54, 1.807) is 13.2 Å². The Balaban J connectivity index is 1.58. The minimum absolute atomic E-state index is 0.0937. The third-order valence-corrected chi connectivity index (χ3v) is 7.79. The van der Waals surface area contributed by atoms with Crippen LogP contribution in [-0.4, -0.2) is 55.3 Å². The van der Waals surface area contributed by atoms with E-state index in [0.717, 1.165) is 43.9 Å². The Morgan fingerprint density at radius 1 is 1.03 bits per heavy atom. The number of nitrogens with zero attached hydrogens (tertiary/aromatic N) is 3. The third kappa shape index (κ3) is 5.80. The molecule has 2 heterocycles. The second-order valence-corrected chi connectivity index (χ2v) is 10.4. The van der Waals surface area contributed by atoms with Crippen LogP contribution in [0.25, 0.3) is 0 Å². The number of piperazine rings is 1. The van der Waals surface area contributed by atoms with Gasteiger partial charge in [-0.1, -0.05) is 43.4 Å². The molecule has 1 aliphatic carbocycles. The smallest absolute Gasteiger partial charge is 0.259 e. The van der Waals surface area contributed by atoms with Gasteiger partial charge in [-0.05, 0) is 51.2 Å². The van der Waals surface area contributed by atoms with Gasteiger partial charge < -0.3 is 19.1 Å². The fourth-order valence-corrected chi connectivity index (χ4v) is 5.91. The molecule has 2 aliphatic rings. The highest BCUT2D eigenvalue weighted by Crippen LogP contribution is 2.30. The Hall–Kier alpha value is -2.60. The van der Waals surface area contributed by atoms with Gasteiger partial charge in [0.2, 0.25) is 0 Å². The van der Waals surface area contributed by atoms with Crippen molar-refractivity contribution in [2.45, 2.75) is 65.8 Å².